The number of amides is 1. The van der Waals surface area contributed by atoms with Crippen molar-refractivity contribution in [3.8, 4) is 5.75 Å². The first-order chi connectivity index (χ1) is 16.2. The average Bonchev–Trinajstić information content (AvgIpc) is 3.28. The highest BCUT2D eigenvalue weighted by Gasteiger charge is 2.31. The molecule has 178 valence electrons. The Hall–Kier alpha value is -3.18. The lowest BCUT2D eigenvalue weighted by atomic mass is 10.1. The van der Waals surface area contributed by atoms with E-state index in [2.05, 4.69) is 25.3 Å². The summed E-state index contributed by atoms with van der Waals surface area (Å²) in [4.78, 5) is 32.5. The van der Waals surface area contributed by atoms with Gasteiger partial charge in [-0.15, -0.1) is 4.40 Å². The quantitative estimate of drug-likeness (QED) is 0.228. The number of carbonyl (C=O) groups excluding carboxylic acids is 2. The summed E-state index contributed by atoms with van der Waals surface area (Å²) in [5.41, 5.74) is 1.58. The molecule has 0 bridgehead atoms. The predicted octanol–water partition coefficient (Wildman–Crippen LogP) is 2.67. The van der Waals surface area contributed by atoms with Crippen LogP contribution in [0.25, 0.3) is 10.9 Å². The second-order valence-corrected chi connectivity index (χ2v) is 10.3. The number of halogens is 1. The molecule has 1 amide bonds. The SMILES string of the molecule is COc1ccc(Br)c2[nH]cc(C(=O)C(=O)N3CCN(C(=NS(C)(=O)=O)c4ccccc4)CC3)c12. The van der Waals surface area contributed by atoms with E-state index >= 15 is 0 Å². The molecule has 0 spiro atoms. The largest absolute Gasteiger partial charge is 0.496 e. The number of ether oxygens (including phenoxy) is 1. The summed E-state index contributed by atoms with van der Waals surface area (Å²) in [7, 11) is -2.12. The van der Waals surface area contributed by atoms with Gasteiger partial charge in [-0.25, -0.2) is 8.42 Å². The van der Waals surface area contributed by atoms with Crippen LogP contribution in [0, 0.1) is 0 Å². The molecule has 0 atom stereocenters. The average molecular weight is 547 g/mol. The van der Waals surface area contributed by atoms with Crippen molar-refractivity contribution >= 4 is 54.4 Å². The number of amidine groups is 1. The Morgan fingerprint density at radius 1 is 1.03 bits per heavy atom. The zero-order valence-electron chi connectivity index (χ0n) is 18.6. The minimum Gasteiger partial charge on any atom is -0.496 e. The van der Waals surface area contributed by atoms with Crippen LogP contribution < -0.4 is 4.74 Å². The van der Waals surface area contributed by atoms with Crippen molar-refractivity contribution in [2.75, 3.05) is 39.5 Å². The Morgan fingerprint density at radius 2 is 1.68 bits per heavy atom. The lowest BCUT2D eigenvalue weighted by Gasteiger charge is -2.36. The van der Waals surface area contributed by atoms with Gasteiger partial charge in [-0.2, -0.15) is 0 Å². The van der Waals surface area contributed by atoms with Crippen LogP contribution in [0.15, 0.2) is 57.5 Å². The Bertz CT molecular complexity index is 1380. The van der Waals surface area contributed by atoms with Crippen LogP contribution in [-0.4, -0.2) is 80.3 Å². The summed E-state index contributed by atoms with van der Waals surface area (Å²) < 4.78 is 33.9. The van der Waals surface area contributed by atoms with Gasteiger partial charge in [0, 0.05) is 42.4 Å². The van der Waals surface area contributed by atoms with Crippen molar-refractivity contribution in [3.05, 3.63) is 64.3 Å². The molecular formula is C23H23BrN4O5S. The Labute approximate surface area is 205 Å². The second-order valence-electron chi connectivity index (χ2n) is 7.82. The number of sulfonamides is 1. The highest BCUT2D eigenvalue weighted by atomic mass is 79.9. The van der Waals surface area contributed by atoms with E-state index in [0.717, 1.165) is 10.7 Å². The molecule has 1 saturated heterocycles. The van der Waals surface area contributed by atoms with Crippen LogP contribution in [0.4, 0.5) is 0 Å². The number of carbonyl (C=O) groups is 2. The van der Waals surface area contributed by atoms with E-state index in [1.807, 2.05) is 11.0 Å². The molecule has 11 heteroatoms. The maximum Gasteiger partial charge on any atom is 0.295 e. The number of aromatic nitrogens is 1. The maximum absolute atomic E-state index is 13.1. The topological polar surface area (TPSA) is 112 Å². The summed E-state index contributed by atoms with van der Waals surface area (Å²) in [6.45, 7) is 1.18. The van der Waals surface area contributed by atoms with Crippen molar-refractivity contribution in [3.63, 3.8) is 0 Å². The molecule has 1 aliphatic rings. The molecular weight excluding hydrogens is 524 g/mol. The number of hydrogen-bond acceptors (Lipinski definition) is 5. The van der Waals surface area contributed by atoms with Crippen LogP contribution in [0.1, 0.15) is 15.9 Å². The van der Waals surface area contributed by atoms with Gasteiger partial charge in [0.2, 0.25) is 0 Å². The zero-order chi connectivity index (χ0) is 24.5. The minimum atomic E-state index is -3.63. The highest BCUT2D eigenvalue weighted by Crippen LogP contribution is 2.34. The third-order valence-electron chi connectivity index (χ3n) is 5.56. The number of hydrogen-bond donors (Lipinski definition) is 1. The standard InChI is InChI=1S/C23H23BrN4O5S/c1-33-18-9-8-17(24)20-19(18)16(14-25-20)21(29)23(30)28-12-10-27(11-13-28)22(26-34(2,31)32)15-6-4-3-5-7-15/h3-9,14,25H,10-13H2,1-2H3. The van der Waals surface area contributed by atoms with E-state index in [4.69, 9.17) is 4.74 Å². The van der Waals surface area contributed by atoms with Gasteiger partial charge < -0.3 is 19.5 Å². The summed E-state index contributed by atoms with van der Waals surface area (Å²) in [6, 6.07) is 12.5. The molecule has 2 heterocycles. The van der Waals surface area contributed by atoms with Crippen LogP contribution in [-0.2, 0) is 14.8 Å². The van der Waals surface area contributed by atoms with Crippen molar-refractivity contribution in [1.82, 2.24) is 14.8 Å². The van der Waals surface area contributed by atoms with Gasteiger partial charge in [0.25, 0.3) is 21.7 Å². The summed E-state index contributed by atoms with van der Waals surface area (Å²) >= 11 is 3.44. The molecule has 0 aliphatic carbocycles. The molecule has 0 radical (unpaired) electrons. The second kappa shape index (κ2) is 9.59. The van der Waals surface area contributed by atoms with Gasteiger partial charge in [-0.3, -0.25) is 9.59 Å². The van der Waals surface area contributed by atoms with E-state index in [0.29, 0.717) is 41.1 Å². The molecule has 2 aromatic carbocycles. The van der Waals surface area contributed by atoms with E-state index in [1.54, 1.807) is 36.4 Å². The Morgan fingerprint density at radius 3 is 2.29 bits per heavy atom. The summed E-state index contributed by atoms with van der Waals surface area (Å²) in [6.07, 6.45) is 2.56. The molecule has 9 nitrogen and oxygen atoms in total. The first-order valence-electron chi connectivity index (χ1n) is 10.5. The fourth-order valence-electron chi connectivity index (χ4n) is 3.95. The van der Waals surface area contributed by atoms with Crippen molar-refractivity contribution < 1.29 is 22.7 Å². The number of ketones is 1. The Kier molecular flexibility index (Phi) is 6.76. The van der Waals surface area contributed by atoms with Gasteiger partial charge in [-0.1, -0.05) is 30.3 Å². The number of rotatable bonds is 5. The molecule has 1 N–H and O–H groups in total. The van der Waals surface area contributed by atoms with Crippen molar-refractivity contribution in [2.45, 2.75) is 0 Å². The van der Waals surface area contributed by atoms with E-state index in [9.17, 15) is 18.0 Å². The van der Waals surface area contributed by atoms with Gasteiger partial charge >= 0.3 is 0 Å². The van der Waals surface area contributed by atoms with E-state index < -0.39 is 21.7 Å². The van der Waals surface area contributed by atoms with E-state index in [1.165, 1.54) is 18.2 Å². The normalized spacial score (nSPS) is 15.0. The van der Waals surface area contributed by atoms with Crippen molar-refractivity contribution in [2.24, 2.45) is 4.40 Å². The molecule has 0 unspecified atom stereocenters. The lowest BCUT2D eigenvalue weighted by Crippen LogP contribution is -2.52. The number of nitrogens with one attached hydrogen (secondary N) is 1. The third-order valence-corrected chi connectivity index (χ3v) is 6.72. The number of H-pyrrole nitrogens is 1. The first-order valence-corrected chi connectivity index (χ1v) is 13.1. The van der Waals surface area contributed by atoms with Crippen LogP contribution in [0.2, 0.25) is 0 Å². The van der Waals surface area contributed by atoms with E-state index in [-0.39, 0.29) is 18.7 Å². The fraction of sp³-hybridized carbons (Fsp3) is 0.261. The van der Waals surface area contributed by atoms with Gasteiger partial charge in [0.15, 0.2) is 0 Å². The maximum atomic E-state index is 13.1. The monoisotopic (exact) mass is 546 g/mol. The predicted molar refractivity (Wildman–Crippen MR) is 133 cm³/mol. The van der Waals surface area contributed by atoms with Gasteiger partial charge in [0.1, 0.15) is 11.6 Å². The summed E-state index contributed by atoms with van der Waals surface area (Å²) in [5, 5.41) is 0.542. The molecule has 1 aromatic heterocycles. The number of fused-ring (bicyclic) bond motifs is 1. The smallest absolute Gasteiger partial charge is 0.295 e. The molecule has 3 aromatic rings. The molecule has 1 aliphatic heterocycles. The van der Waals surface area contributed by atoms with Crippen LogP contribution in [0.5, 0.6) is 5.75 Å². The number of aromatic amines is 1. The molecule has 34 heavy (non-hydrogen) atoms. The summed E-state index contributed by atoms with van der Waals surface area (Å²) in [5.74, 6) is -0.439. The zero-order valence-corrected chi connectivity index (χ0v) is 21.0. The lowest BCUT2D eigenvalue weighted by molar-refractivity contribution is -0.127. The van der Waals surface area contributed by atoms with Gasteiger partial charge in [-0.05, 0) is 28.1 Å². The third kappa shape index (κ3) is 4.85. The Balaban J connectivity index is 1.54. The van der Waals surface area contributed by atoms with Gasteiger partial charge in [0.05, 0.1) is 29.8 Å². The molecule has 4 rings (SSSR count). The molecule has 0 saturated carbocycles. The number of nitrogens with zero attached hydrogens (tertiary/aromatic N) is 3. The number of piperazine rings is 1. The first kappa shape index (κ1) is 24.0. The number of methoxy groups -OCH3 is 1. The minimum absolute atomic E-state index is 0.240. The highest BCUT2D eigenvalue weighted by molar-refractivity contribution is 9.10. The number of Topliss-reactive ketones (excluding diaryl/α,β-unsaturated/α-hetero) is 1. The van der Waals surface area contributed by atoms with Crippen molar-refractivity contribution in [1.29, 1.82) is 0 Å². The molecule has 1 fully saturated rings. The number of benzene rings is 2. The van der Waals surface area contributed by atoms with Crippen LogP contribution >= 0.6 is 15.9 Å². The van der Waals surface area contributed by atoms with Crippen LogP contribution in [0.3, 0.4) is 0 Å². The fourth-order valence-corrected chi connectivity index (χ4v) is 4.93.